The fourth-order valence-electron chi connectivity index (χ4n) is 3.24. The van der Waals surface area contributed by atoms with Crippen molar-refractivity contribution in [2.24, 2.45) is 0 Å². The molecule has 0 aliphatic rings. The van der Waals surface area contributed by atoms with E-state index in [2.05, 4.69) is 21.2 Å². The van der Waals surface area contributed by atoms with Crippen molar-refractivity contribution in [1.29, 1.82) is 0 Å². The molecule has 0 fully saturated rings. The van der Waals surface area contributed by atoms with Gasteiger partial charge in [-0.25, -0.2) is 0 Å². The molecule has 3 rings (SSSR count). The Morgan fingerprint density at radius 2 is 2.00 bits per heavy atom. The molecule has 1 N–H and O–H groups in total. The van der Waals surface area contributed by atoms with Crippen molar-refractivity contribution in [2.45, 2.75) is 20.3 Å². The number of ether oxygens (including phenoxy) is 2. The fraction of sp³-hybridized carbons (Fsp3) is 0.292. The SMILES string of the molecule is CCOCCCNC(=O)/C=C(\C)c1cc2c(-c3ccc(Br)cc3)coc2cc1OC. The number of benzene rings is 2. The van der Waals surface area contributed by atoms with Crippen molar-refractivity contribution >= 4 is 38.4 Å². The third-order valence-corrected chi connectivity index (χ3v) is 5.32. The standard InChI is InChI=1S/C24H26BrNO4/c1-4-29-11-5-10-26-24(27)12-16(2)19-13-20-21(17-6-8-18(25)9-7-17)15-30-23(20)14-22(19)28-3/h6-9,12-15H,4-5,10-11H2,1-3H3,(H,26,27)/b16-12+. The minimum absolute atomic E-state index is 0.133. The number of furan rings is 1. The lowest BCUT2D eigenvalue weighted by atomic mass is 9.99. The van der Waals surface area contributed by atoms with Gasteiger partial charge in [-0.3, -0.25) is 4.79 Å². The van der Waals surface area contributed by atoms with Crippen LogP contribution in [0.3, 0.4) is 0 Å². The number of amides is 1. The number of methoxy groups -OCH3 is 1. The van der Waals surface area contributed by atoms with Gasteiger partial charge in [-0.05, 0) is 49.6 Å². The van der Waals surface area contributed by atoms with E-state index in [-0.39, 0.29) is 5.91 Å². The molecule has 0 bridgehead atoms. The van der Waals surface area contributed by atoms with Gasteiger partial charge in [-0.2, -0.15) is 0 Å². The molecular weight excluding hydrogens is 446 g/mol. The average molecular weight is 472 g/mol. The predicted octanol–water partition coefficient (Wildman–Crippen LogP) is 5.82. The molecule has 0 saturated heterocycles. The fourth-order valence-corrected chi connectivity index (χ4v) is 3.50. The van der Waals surface area contributed by atoms with Gasteiger partial charge < -0.3 is 19.2 Å². The number of carbonyl (C=O) groups is 1. The molecule has 5 nitrogen and oxygen atoms in total. The Kier molecular flexibility index (Phi) is 7.71. The third-order valence-electron chi connectivity index (χ3n) is 4.79. The van der Waals surface area contributed by atoms with E-state index < -0.39 is 0 Å². The molecule has 6 heteroatoms. The minimum Gasteiger partial charge on any atom is -0.496 e. The van der Waals surface area contributed by atoms with Crippen LogP contribution in [0, 0.1) is 0 Å². The first-order chi connectivity index (χ1) is 14.5. The van der Waals surface area contributed by atoms with E-state index in [0.29, 0.717) is 25.5 Å². The first-order valence-corrected chi connectivity index (χ1v) is 10.7. The van der Waals surface area contributed by atoms with Crippen molar-refractivity contribution in [1.82, 2.24) is 5.32 Å². The summed E-state index contributed by atoms with van der Waals surface area (Å²) >= 11 is 3.47. The Labute approximate surface area is 185 Å². The molecular formula is C24H26BrNO4. The van der Waals surface area contributed by atoms with Gasteiger partial charge >= 0.3 is 0 Å². The van der Waals surface area contributed by atoms with Crippen LogP contribution < -0.4 is 10.1 Å². The zero-order valence-electron chi connectivity index (χ0n) is 17.5. The lowest BCUT2D eigenvalue weighted by Gasteiger charge is -2.10. The molecule has 1 heterocycles. The molecule has 158 valence electrons. The van der Waals surface area contributed by atoms with Gasteiger partial charge in [0.05, 0.1) is 13.4 Å². The maximum atomic E-state index is 12.3. The van der Waals surface area contributed by atoms with Gasteiger partial charge in [0.1, 0.15) is 11.3 Å². The summed E-state index contributed by atoms with van der Waals surface area (Å²) in [6, 6.07) is 12.0. The quantitative estimate of drug-likeness (QED) is 0.315. The molecule has 0 spiro atoms. The molecule has 2 aromatic carbocycles. The van der Waals surface area contributed by atoms with Gasteiger partial charge in [-0.15, -0.1) is 0 Å². The summed E-state index contributed by atoms with van der Waals surface area (Å²) in [4.78, 5) is 12.3. The highest BCUT2D eigenvalue weighted by atomic mass is 79.9. The first kappa shape index (κ1) is 22.1. The molecule has 0 atom stereocenters. The summed E-state index contributed by atoms with van der Waals surface area (Å²) in [7, 11) is 1.62. The van der Waals surface area contributed by atoms with E-state index in [1.54, 1.807) is 19.4 Å². The first-order valence-electron chi connectivity index (χ1n) is 9.93. The maximum absolute atomic E-state index is 12.3. The normalized spacial score (nSPS) is 11.7. The number of fused-ring (bicyclic) bond motifs is 1. The number of rotatable bonds is 9. The molecule has 1 amide bonds. The van der Waals surface area contributed by atoms with Gasteiger partial charge in [0.15, 0.2) is 0 Å². The van der Waals surface area contributed by atoms with E-state index in [1.807, 2.05) is 50.2 Å². The number of carbonyl (C=O) groups excluding carboxylic acids is 1. The highest BCUT2D eigenvalue weighted by Crippen LogP contribution is 2.37. The van der Waals surface area contributed by atoms with Gasteiger partial charge in [0.2, 0.25) is 5.91 Å². The number of nitrogens with one attached hydrogen (secondary N) is 1. The largest absolute Gasteiger partial charge is 0.496 e. The van der Waals surface area contributed by atoms with Crippen LogP contribution in [0.15, 0.2) is 57.6 Å². The lowest BCUT2D eigenvalue weighted by molar-refractivity contribution is -0.116. The summed E-state index contributed by atoms with van der Waals surface area (Å²) in [6.07, 6.45) is 4.14. The summed E-state index contributed by atoms with van der Waals surface area (Å²) in [6.45, 7) is 5.77. The van der Waals surface area contributed by atoms with Crippen LogP contribution in [0.5, 0.6) is 5.75 Å². The van der Waals surface area contributed by atoms with Gasteiger partial charge in [0, 0.05) is 52.9 Å². The van der Waals surface area contributed by atoms with Gasteiger partial charge in [-0.1, -0.05) is 28.1 Å². The highest BCUT2D eigenvalue weighted by Gasteiger charge is 2.15. The Morgan fingerprint density at radius 1 is 1.23 bits per heavy atom. The van der Waals surface area contributed by atoms with E-state index in [1.165, 1.54) is 0 Å². The third kappa shape index (κ3) is 5.32. The molecule has 0 saturated carbocycles. The second kappa shape index (κ2) is 10.5. The minimum atomic E-state index is -0.133. The predicted molar refractivity (Wildman–Crippen MR) is 124 cm³/mol. The van der Waals surface area contributed by atoms with Crippen LogP contribution in [0.2, 0.25) is 0 Å². The summed E-state index contributed by atoms with van der Waals surface area (Å²) in [5.74, 6) is 0.531. The monoisotopic (exact) mass is 471 g/mol. The molecule has 0 aliphatic heterocycles. The second-order valence-corrected chi connectivity index (χ2v) is 7.79. The van der Waals surface area contributed by atoms with Crippen molar-refractivity contribution in [3.63, 3.8) is 0 Å². The van der Waals surface area contributed by atoms with E-state index in [0.717, 1.165) is 44.1 Å². The Morgan fingerprint density at radius 3 is 2.70 bits per heavy atom. The van der Waals surface area contributed by atoms with Gasteiger partial charge in [0.25, 0.3) is 0 Å². The molecule has 3 aromatic rings. The molecule has 0 radical (unpaired) electrons. The zero-order valence-corrected chi connectivity index (χ0v) is 19.0. The topological polar surface area (TPSA) is 60.7 Å². The van der Waals surface area contributed by atoms with E-state index in [9.17, 15) is 4.79 Å². The van der Waals surface area contributed by atoms with Crippen LogP contribution in [0.4, 0.5) is 0 Å². The van der Waals surface area contributed by atoms with Crippen molar-refractivity contribution in [2.75, 3.05) is 26.9 Å². The van der Waals surface area contributed by atoms with E-state index >= 15 is 0 Å². The molecule has 30 heavy (non-hydrogen) atoms. The number of hydrogen-bond acceptors (Lipinski definition) is 4. The lowest BCUT2D eigenvalue weighted by Crippen LogP contribution is -2.23. The Bertz CT molecular complexity index is 1040. The number of allylic oxidation sites excluding steroid dienone is 1. The summed E-state index contributed by atoms with van der Waals surface area (Å²) < 4.78 is 17.6. The zero-order chi connectivity index (χ0) is 21.5. The highest BCUT2D eigenvalue weighted by molar-refractivity contribution is 9.10. The smallest absolute Gasteiger partial charge is 0.244 e. The maximum Gasteiger partial charge on any atom is 0.244 e. The van der Waals surface area contributed by atoms with Crippen LogP contribution >= 0.6 is 15.9 Å². The second-order valence-electron chi connectivity index (χ2n) is 6.87. The summed E-state index contributed by atoms with van der Waals surface area (Å²) in [5, 5.41) is 3.87. The van der Waals surface area contributed by atoms with E-state index in [4.69, 9.17) is 13.9 Å². The van der Waals surface area contributed by atoms with Crippen molar-refractivity contribution in [3.8, 4) is 16.9 Å². The van der Waals surface area contributed by atoms with Crippen LogP contribution in [-0.2, 0) is 9.53 Å². The molecule has 1 aromatic heterocycles. The average Bonchev–Trinajstić information content (AvgIpc) is 3.16. The van der Waals surface area contributed by atoms with Crippen molar-refractivity contribution in [3.05, 3.63) is 58.8 Å². The van der Waals surface area contributed by atoms with Crippen LogP contribution in [0.1, 0.15) is 25.8 Å². The Balaban J connectivity index is 1.87. The van der Waals surface area contributed by atoms with Crippen LogP contribution in [0.25, 0.3) is 27.7 Å². The molecule has 0 unspecified atom stereocenters. The summed E-state index contributed by atoms with van der Waals surface area (Å²) in [5.41, 5.74) is 4.46. The van der Waals surface area contributed by atoms with Crippen molar-refractivity contribution < 1.29 is 18.7 Å². The number of halogens is 1. The Hall–Kier alpha value is -2.57. The van der Waals surface area contributed by atoms with Crippen LogP contribution in [-0.4, -0.2) is 32.8 Å². The molecule has 0 aliphatic carbocycles. The number of hydrogen-bond donors (Lipinski definition) is 1.